The monoisotopic (exact) mass is 283 g/mol. The van der Waals surface area contributed by atoms with Crippen LogP contribution in [0.2, 0.25) is 0 Å². The van der Waals surface area contributed by atoms with Crippen LogP contribution in [-0.2, 0) is 6.54 Å². The summed E-state index contributed by atoms with van der Waals surface area (Å²) in [4.78, 5) is 4.29. The molecule has 0 spiro atoms. The van der Waals surface area contributed by atoms with Crippen LogP contribution in [-0.4, -0.2) is 19.6 Å². The molecular weight excluding hydrogens is 269 g/mol. The molecule has 0 unspecified atom stereocenters. The average Bonchev–Trinajstić information content (AvgIpc) is 3.26. The fraction of sp³-hybridized carbons (Fsp3) is 0.267. The third kappa shape index (κ3) is 2.22. The van der Waals surface area contributed by atoms with Crippen molar-refractivity contribution in [3.8, 4) is 0 Å². The molecule has 5 nitrogen and oxygen atoms in total. The van der Waals surface area contributed by atoms with E-state index in [1.165, 1.54) is 18.9 Å². The Bertz CT molecular complexity index is 794. The van der Waals surface area contributed by atoms with E-state index in [1.54, 1.807) is 18.3 Å². The number of aromatic nitrogens is 4. The van der Waals surface area contributed by atoms with Gasteiger partial charge in [-0.25, -0.2) is 9.37 Å². The van der Waals surface area contributed by atoms with E-state index in [9.17, 15) is 4.39 Å². The number of hydrogen-bond donors (Lipinski definition) is 1. The van der Waals surface area contributed by atoms with Crippen molar-refractivity contribution in [1.29, 1.82) is 0 Å². The summed E-state index contributed by atoms with van der Waals surface area (Å²) in [6.45, 7) is 0.366. The molecule has 21 heavy (non-hydrogen) atoms. The summed E-state index contributed by atoms with van der Waals surface area (Å²) in [5.74, 6) is 1.90. The van der Waals surface area contributed by atoms with Crippen molar-refractivity contribution in [2.45, 2.75) is 25.3 Å². The van der Waals surface area contributed by atoms with Crippen LogP contribution < -0.4 is 5.32 Å². The molecule has 6 heteroatoms. The number of benzene rings is 1. The van der Waals surface area contributed by atoms with E-state index >= 15 is 0 Å². The Morgan fingerprint density at radius 3 is 2.90 bits per heavy atom. The van der Waals surface area contributed by atoms with Crippen LogP contribution >= 0.6 is 0 Å². The third-order valence-corrected chi connectivity index (χ3v) is 3.70. The van der Waals surface area contributed by atoms with Crippen LogP contribution in [0.4, 0.5) is 10.2 Å². The first-order chi connectivity index (χ1) is 10.3. The van der Waals surface area contributed by atoms with E-state index in [0.29, 0.717) is 29.5 Å². The molecule has 2 heterocycles. The second-order valence-corrected chi connectivity index (χ2v) is 5.25. The van der Waals surface area contributed by atoms with Gasteiger partial charge in [-0.1, -0.05) is 18.2 Å². The van der Waals surface area contributed by atoms with Gasteiger partial charge in [0, 0.05) is 30.4 Å². The molecule has 0 bridgehead atoms. The van der Waals surface area contributed by atoms with Gasteiger partial charge in [0.1, 0.15) is 11.6 Å². The zero-order chi connectivity index (χ0) is 14.2. The Balaban J connectivity index is 1.63. The lowest BCUT2D eigenvalue weighted by atomic mass is 10.2. The van der Waals surface area contributed by atoms with Gasteiger partial charge in [-0.3, -0.25) is 4.40 Å². The number of rotatable bonds is 4. The van der Waals surface area contributed by atoms with Crippen molar-refractivity contribution >= 4 is 11.5 Å². The summed E-state index contributed by atoms with van der Waals surface area (Å²) in [7, 11) is 0. The SMILES string of the molecule is Fc1ccccc1CNc1nccn2c(C3CC3)nnc12. The van der Waals surface area contributed by atoms with E-state index in [2.05, 4.69) is 20.5 Å². The molecule has 1 N–H and O–H groups in total. The first-order valence-electron chi connectivity index (χ1n) is 7.00. The van der Waals surface area contributed by atoms with Crippen LogP contribution in [0.1, 0.15) is 30.1 Å². The molecule has 0 aliphatic heterocycles. The first kappa shape index (κ1) is 12.3. The smallest absolute Gasteiger partial charge is 0.203 e. The normalized spacial score (nSPS) is 14.5. The molecule has 0 saturated heterocycles. The quantitative estimate of drug-likeness (QED) is 0.800. The highest BCUT2D eigenvalue weighted by atomic mass is 19.1. The Labute approximate surface area is 120 Å². The van der Waals surface area contributed by atoms with Crippen molar-refractivity contribution in [2.75, 3.05) is 5.32 Å². The molecule has 1 fully saturated rings. The van der Waals surface area contributed by atoms with Crippen molar-refractivity contribution in [1.82, 2.24) is 19.6 Å². The Morgan fingerprint density at radius 1 is 1.24 bits per heavy atom. The minimum absolute atomic E-state index is 0.225. The number of nitrogens with zero attached hydrogens (tertiary/aromatic N) is 4. The molecule has 0 radical (unpaired) electrons. The molecule has 4 rings (SSSR count). The molecule has 3 aromatic rings. The second-order valence-electron chi connectivity index (χ2n) is 5.25. The molecule has 2 aromatic heterocycles. The highest BCUT2D eigenvalue weighted by molar-refractivity contribution is 5.62. The highest BCUT2D eigenvalue weighted by Gasteiger charge is 2.29. The van der Waals surface area contributed by atoms with Gasteiger partial charge in [0.25, 0.3) is 0 Å². The van der Waals surface area contributed by atoms with Gasteiger partial charge in [-0.05, 0) is 18.9 Å². The molecule has 1 saturated carbocycles. The Kier molecular flexibility index (Phi) is 2.80. The predicted octanol–water partition coefficient (Wildman–Crippen LogP) is 2.75. The van der Waals surface area contributed by atoms with Gasteiger partial charge < -0.3 is 5.32 Å². The zero-order valence-electron chi connectivity index (χ0n) is 11.3. The second kappa shape index (κ2) is 4.80. The maximum atomic E-state index is 13.6. The van der Waals surface area contributed by atoms with Crippen LogP contribution in [0, 0.1) is 5.82 Å². The summed E-state index contributed by atoms with van der Waals surface area (Å²) in [6, 6.07) is 6.70. The molecule has 1 aliphatic carbocycles. The van der Waals surface area contributed by atoms with E-state index in [1.807, 2.05) is 16.7 Å². The van der Waals surface area contributed by atoms with Crippen molar-refractivity contribution in [3.05, 3.63) is 53.9 Å². The van der Waals surface area contributed by atoms with E-state index in [4.69, 9.17) is 0 Å². The minimum Gasteiger partial charge on any atom is -0.363 e. The van der Waals surface area contributed by atoms with Crippen LogP contribution in [0.15, 0.2) is 36.7 Å². The van der Waals surface area contributed by atoms with Gasteiger partial charge in [-0.2, -0.15) is 0 Å². The Morgan fingerprint density at radius 2 is 2.10 bits per heavy atom. The van der Waals surface area contributed by atoms with Gasteiger partial charge in [0.05, 0.1) is 0 Å². The maximum Gasteiger partial charge on any atom is 0.203 e. The summed E-state index contributed by atoms with van der Waals surface area (Å²) >= 11 is 0. The number of hydrogen-bond acceptors (Lipinski definition) is 4. The van der Waals surface area contributed by atoms with Gasteiger partial charge in [0.2, 0.25) is 5.65 Å². The lowest BCUT2D eigenvalue weighted by molar-refractivity contribution is 0.613. The van der Waals surface area contributed by atoms with Gasteiger partial charge >= 0.3 is 0 Å². The van der Waals surface area contributed by atoms with Crippen molar-refractivity contribution in [3.63, 3.8) is 0 Å². The summed E-state index contributed by atoms with van der Waals surface area (Å²) in [5, 5.41) is 11.6. The summed E-state index contributed by atoms with van der Waals surface area (Å²) in [5.41, 5.74) is 1.29. The predicted molar refractivity (Wildman–Crippen MR) is 76.5 cm³/mol. The number of fused-ring (bicyclic) bond motifs is 1. The molecule has 1 aromatic carbocycles. The fourth-order valence-electron chi connectivity index (χ4n) is 2.41. The van der Waals surface area contributed by atoms with E-state index < -0.39 is 0 Å². The van der Waals surface area contributed by atoms with E-state index in [0.717, 1.165) is 5.82 Å². The molecule has 0 atom stereocenters. The number of nitrogens with one attached hydrogen (secondary N) is 1. The van der Waals surface area contributed by atoms with Gasteiger partial charge in [0.15, 0.2) is 5.82 Å². The van der Waals surface area contributed by atoms with Crippen LogP contribution in [0.5, 0.6) is 0 Å². The van der Waals surface area contributed by atoms with Gasteiger partial charge in [-0.15, -0.1) is 10.2 Å². The number of anilines is 1. The topological polar surface area (TPSA) is 55.1 Å². The van der Waals surface area contributed by atoms with Crippen molar-refractivity contribution < 1.29 is 4.39 Å². The molecular formula is C15H14FN5. The highest BCUT2D eigenvalue weighted by Crippen LogP contribution is 2.39. The molecule has 1 aliphatic rings. The van der Waals surface area contributed by atoms with E-state index in [-0.39, 0.29) is 5.82 Å². The van der Waals surface area contributed by atoms with Crippen molar-refractivity contribution in [2.24, 2.45) is 0 Å². The fourth-order valence-corrected chi connectivity index (χ4v) is 2.41. The molecule has 0 amide bonds. The summed E-state index contributed by atoms with van der Waals surface area (Å²) < 4.78 is 15.6. The number of halogens is 1. The van der Waals surface area contributed by atoms with Crippen LogP contribution in [0.3, 0.4) is 0 Å². The van der Waals surface area contributed by atoms with Crippen LogP contribution in [0.25, 0.3) is 5.65 Å². The lowest BCUT2D eigenvalue weighted by Crippen LogP contribution is -2.05. The molecule has 106 valence electrons. The maximum absolute atomic E-state index is 13.6. The third-order valence-electron chi connectivity index (χ3n) is 3.70. The Hall–Kier alpha value is -2.50. The minimum atomic E-state index is -0.225. The average molecular weight is 283 g/mol. The largest absolute Gasteiger partial charge is 0.363 e. The first-order valence-corrected chi connectivity index (χ1v) is 7.00. The summed E-state index contributed by atoms with van der Waals surface area (Å²) in [6.07, 6.45) is 5.92. The zero-order valence-corrected chi connectivity index (χ0v) is 11.3. The standard InChI is InChI=1S/C15H14FN5/c16-12-4-2-1-3-11(12)9-18-13-15-20-19-14(10-5-6-10)21(15)8-7-17-13/h1-4,7-8,10H,5-6,9H2,(H,17,18). The lowest BCUT2D eigenvalue weighted by Gasteiger charge is -2.07.